The zero-order valence-corrected chi connectivity index (χ0v) is 9.19. The van der Waals surface area contributed by atoms with Gasteiger partial charge in [-0.1, -0.05) is 12.1 Å². The summed E-state index contributed by atoms with van der Waals surface area (Å²) in [5.41, 5.74) is 6.85. The zero-order valence-electron chi connectivity index (χ0n) is 9.19. The van der Waals surface area contributed by atoms with E-state index in [4.69, 9.17) is 5.73 Å². The molecular formula is C13H12N4. The van der Waals surface area contributed by atoms with E-state index in [1.54, 1.807) is 18.5 Å². The van der Waals surface area contributed by atoms with Crippen molar-refractivity contribution in [3.05, 3.63) is 54.9 Å². The molecule has 0 aliphatic rings. The van der Waals surface area contributed by atoms with E-state index in [-0.39, 0.29) is 0 Å². The third-order valence-corrected chi connectivity index (χ3v) is 2.07. The van der Waals surface area contributed by atoms with Crippen LogP contribution in [0.5, 0.6) is 0 Å². The number of pyridine rings is 2. The number of allylic oxidation sites excluding steroid dienone is 1. The maximum absolute atomic E-state index is 5.21. The molecule has 2 heterocycles. The quantitative estimate of drug-likeness (QED) is 0.814. The lowest BCUT2D eigenvalue weighted by atomic mass is 10.2. The molecule has 0 bridgehead atoms. The maximum Gasteiger partial charge on any atom is 0.152 e. The minimum atomic E-state index is 0.631. The predicted molar refractivity (Wildman–Crippen MR) is 68.9 cm³/mol. The molecule has 17 heavy (non-hydrogen) atoms. The van der Waals surface area contributed by atoms with Gasteiger partial charge in [-0.15, -0.1) is 0 Å². The van der Waals surface area contributed by atoms with Crippen LogP contribution in [0.15, 0.2) is 59.9 Å². The van der Waals surface area contributed by atoms with Crippen molar-refractivity contribution in [1.82, 2.24) is 9.97 Å². The molecule has 0 amide bonds. The lowest BCUT2D eigenvalue weighted by Gasteiger charge is -1.99. The molecule has 0 aromatic carbocycles. The second-order valence-electron chi connectivity index (χ2n) is 3.26. The van der Waals surface area contributed by atoms with E-state index in [9.17, 15) is 0 Å². The fourth-order valence-electron chi connectivity index (χ4n) is 1.32. The van der Waals surface area contributed by atoms with E-state index in [1.807, 2.05) is 36.4 Å². The minimum Gasteiger partial charge on any atom is -0.405 e. The Labute approximate surface area is 99.6 Å². The Morgan fingerprint density at radius 1 is 1.06 bits per heavy atom. The molecule has 0 saturated carbocycles. The number of nitrogens with zero attached hydrogens (tertiary/aromatic N) is 3. The van der Waals surface area contributed by atoms with Crippen molar-refractivity contribution >= 4 is 12.0 Å². The van der Waals surface area contributed by atoms with Crippen LogP contribution in [0.3, 0.4) is 0 Å². The van der Waals surface area contributed by atoms with Gasteiger partial charge in [0.15, 0.2) is 5.82 Å². The molecule has 4 heteroatoms. The highest BCUT2D eigenvalue weighted by atomic mass is 14.9. The first-order valence-corrected chi connectivity index (χ1v) is 5.19. The topological polar surface area (TPSA) is 64.2 Å². The van der Waals surface area contributed by atoms with E-state index >= 15 is 0 Å². The summed E-state index contributed by atoms with van der Waals surface area (Å²) in [6, 6.07) is 11.3. The molecule has 0 unspecified atom stereocenters. The lowest BCUT2D eigenvalue weighted by Crippen LogP contribution is -1.86. The molecule has 0 spiro atoms. The van der Waals surface area contributed by atoms with Gasteiger partial charge in [0.05, 0.1) is 11.4 Å². The highest BCUT2D eigenvalue weighted by Crippen LogP contribution is 2.17. The number of hydrogen-bond acceptors (Lipinski definition) is 4. The van der Waals surface area contributed by atoms with Crippen molar-refractivity contribution in [2.24, 2.45) is 10.7 Å². The molecule has 2 aromatic rings. The van der Waals surface area contributed by atoms with Gasteiger partial charge in [0.25, 0.3) is 0 Å². The fourth-order valence-corrected chi connectivity index (χ4v) is 1.32. The van der Waals surface area contributed by atoms with Gasteiger partial charge in [0.2, 0.25) is 0 Å². The van der Waals surface area contributed by atoms with Crippen molar-refractivity contribution in [2.75, 3.05) is 0 Å². The van der Waals surface area contributed by atoms with Crippen molar-refractivity contribution in [2.45, 2.75) is 0 Å². The second-order valence-corrected chi connectivity index (χ2v) is 3.26. The summed E-state index contributed by atoms with van der Waals surface area (Å²) in [6.45, 7) is 0. The van der Waals surface area contributed by atoms with Crippen LogP contribution in [0.25, 0.3) is 11.4 Å². The molecule has 2 aromatic heterocycles. The number of rotatable bonds is 3. The Bertz CT molecular complexity index is 532. The minimum absolute atomic E-state index is 0.631. The average molecular weight is 224 g/mol. The molecule has 0 fully saturated rings. The van der Waals surface area contributed by atoms with Gasteiger partial charge in [-0.2, -0.15) is 0 Å². The number of aromatic nitrogens is 2. The largest absolute Gasteiger partial charge is 0.405 e. The molecule has 4 nitrogen and oxygen atoms in total. The van der Waals surface area contributed by atoms with Crippen LogP contribution >= 0.6 is 0 Å². The Balaban J connectivity index is 2.29. The van der Waals surface area contributed by atoms with Crippen LogP contribution in [0.4, 0.5) is 5.82 Å². The third kappa shape index (κ3) is 2.98. The van der Waals surface area contributed by atoms with Gasteiger partial charge in [-0.25, -0.2) is 9.98 Å². The summed E-state index contributed by atoms with van der Waals surface area (Å²) in [5.74, 6) is 0.631. The maximum atomic E-state index is 5.21. The first-order valence-electron chi connectivity index (χ1n) is 5.19. The van der Waals surface area contributed by atoms with Crippen LogP contribution in [-0.2, 0) is 0 Å². The van der Waals surface area contributed by atoms with E-state index < -0.39 is 0 Å². The van der Waals surface area contributed by atoms with Crippen molar-refractivity contribution < 1.29 is 0 Å². The van der Waals surface area contributed by atoms with Crippen LogP contribution < -0.4 is 5.73 Å². The Hall–Kier alpha value is -2.49. The molecule has 0 aliphatic carbocycles. The van der Waals surface area contributed by atoms with Crippen LogP contribution in [0.2, 0.25) is 0 Å². The van der Waals surface area contributed by atoms with Gasteiger partial charge in [0, 0.05) is 12.4 Å². The van der Waals surface area contributed by atoms with E-state index in [2.05, 4.69) is 15.0 Å². The summed E-state index contributed by atoms with van der Waals surface area (Å²) < 4.78 is 0. The van der Waals surface area contributed by atoms with Crippen molar-refractivity contribution in [1.29, 1.82) is 0 Å². The van der Waals surface area contributed by atoms with E-state index in [0.29, 0.717) is 5.82 Å². The summed E-state index contributed by atoms with van der Waals surface area (Å²) >= 11 is 0. The number of aliphatic imine (C=N–C) groups is 1. The normalized spacial score (nSPS) is 11.3. The Morgan fingerprint density at radius 2 is 1.94 bits per heavy atom. The summed E-state index contributed by atoms with van der Waals surface area (Å²) in [6.07, 6.45) is 6.41. The van der Waals surface area contributed by atoms with Gasteiger partial charge >= 0.3 is 0 Å². The fraction of sp³-hybridized carbons (Fsp3) is 0. The summed E-state index contributed by atoms with van der Waals surface area (Å²) in [4.78, 5) is 12.8. The first-order chi connectivity index (χ1) is 8.40. The summed E-state index contributed by atoms with van der Waals surface area (Å²) in [7, 11) is 0. The molecule has 0 radical (unpaired) electrons. The molecule has 0 atom stereocenters. The monoisotopic (exact) mass is 224 g/mol. The highest BCUT2D eigenvalue weighted by Gasteiger charge is 1.99. The second kappa shape index (κ2) is 5.55. The van der Waals surface area contributed by atoms with E-state index in [1.165, 1.54) is 6.20 Å². The lowest BCUT2D eigenvalue weighted by molar-refractivity contribution is 1.23. The highest BCUT2D eigenvalue weighted by molar-refractivity contribution is 5.73. The van der Waals surface area contributed by atoms with Crippen molar-refractivity contribution in [3.8, 4) is 11.4 Å². The SMILES string of the molecule is NC=CC=Nc1cccc(-c2ccccn2)n1. The smallest absolute Gasteiger partial charge is 0.152 e. The van der Waals surface area contributed by atoms with Crippen LogP contribution in [0.1, 0.15) is 0 Å². The standard InChI is InChI=1S/C13H12N4/c14-8-4-10-16-13-7-3-6-12(17-13)11-5-1-2-9-15-11/h1-10H,14H2. The number of hydrogen-bond donors (Lipinski definition) is 1. The first kappa shape index (κ1) is 11.0. The van der Waals surface area contributed by atoms with Gasteiger partial charge in [-0.05, 0) is 36.5 Å². The molecule has 2 N–H and O–H groups in total. The molecular weight excluding hydrogens is 212 g/mol. The van der Waals surface area contributed by atoms with E-state index in [0.717, 1.165) is 11.4 Å². The van der Waals surface area contributed by atoms with Gasteiger partial charge in [0.1, 0.15) is 0 Å². The molecule has 0 saturated heterocycles. The molecule has 0 aliphatic heterocycles. The zero-order chi connectivity index (χ0) is 11.9. The van der Waals surface area contributed by atoms with Crippen molar-refractivity contribution in [3.63, 3.8) is 0 Å². The predicted octanol–water partition coefficient (Wildman–Crippen LogP) is 2.32. The van der Waals surface area contributed by atoms with Gasteiger partial charge < -0.3 is 5.73 Å². The number of nitrogens with two attached hydrogens (primary N) is 1. The Morgan fingerprint density at radius 3 is 2.71 bits per heavy atom. The third-order valence-electron chi connectivity index (χ3n) is 2.07. The average Bonchev–Trinajstić information content (AvgIpc) is 2.41. The van der Waals surface area contributed by atoms with Crippen LogP contribution in [-0.4, -0.2) is 16.2 Å². The van der Waals surface area contributed by atoms with Crippen LogP contribution in [0, 0.1) is 0 Å². The summed E-state index contributed by atoms with van der Waals surface area (Å²) in [5, 5.41) is 0. The van der Waals surface area contributed by atoms with Gasteiger partial charge in [-0.3, -0.25) is 4.98 Å². The molecule has 2 rings (SSSR count). The molecule has 84 valence electrons. The Kier molecular flexibility index (Phi) is 3.60.